The van der Waals surface area contributed by atoms with Gasteiger partial charge in [0.1, 0.15) is 5.75 Å². The Bertz CT molecular complexity index is 415. The fourth-order valence-electron chi connectivity index (χ4n) is 0.948. The van der Waals surface area contributed by atoms with Crippen molar-refractivity contribution in [1.82, 2.24) is 4.90 Å². The van der Waals surface area contributed by atoms with E-state index in [2.05, 4.69) is 10.9 Å². The minimum Gasteiger partial charge on any atom is -0.497 e. The Balaban J connectivity index is 2.72. The maximum Gasteiger partial charge on any atom is 0.255 e. The number of hydrogen-bond acceptors (Lipinski definition) is 3. The van der Waals surface area contributed by atoms with Crippen LogP contribution < -0.4 is 4.74 Å². The summed E-state index contributed by atoms with van der Waals surface area (Å²) in [7, 11) is 4.95. The fourth-order valence-corrected chi connectivity index (χ4v) is 0.948. The van der Waals surface area contributed by atoms with E-state index in [1.54, 1.807) is 45.5 Å². The molecule has 0 saturated heterocycles. The monoisotopic (exact) mass is 218 g/mol. The van der Waals surface area contributed by atoms with Crippen LogP contribution in [0.1, 0.15) is 0 Å². The second kappa shape index (κ2) is 5.73. The van der Waals surface area contributed by atoms with E-state index >= 15 is 0 Å². The van der Waals surface area contributed by atoms with Gasteiger partial charge in [-0.05, 0) is 30.1 Å². The number of likely N-dealkylation sites (N-methyl/N-ethyl adjacent to an activating group) is 1. The van der Waals surface area contributed by atoms with Crippen LogP contribution in [0.25, 0.3) is 0 Å². The third-order valence-electron chi connectivity index (χ3n) is 1.89. The molecule has 1 aromatic carbocycles. The Morgan fingerprint density at radius 1 is 1.38 bits per heavy atom. The lowest BCUT2D eigenvalue weighted by Gasteiger charge is -2.03. The molecule has 0 aliphatic rings. The largest absolute Gasteiger partial charge is 0.497 e. The Morgan fingerprint density at radius 2 is 2.00 bits per heavy atom. The van der Waals surface area contributed by atoms with Crippen molar-refractivity contribution >= 4 is 17.5 Å². The summed E-state index contributed by atoms with van der Waals surface area (Å²) in [6.45, 7) is 0. The van der Waals surface area contributed by atoms with Crippen LogP contribution in [0.5, 0.6) is 5.75 Å². The lowest BCUT2D eigenvalue weighted by molar-refractivity contribution is -0.123. The minimum absolute atomic E-state index is 0.141. The Morgan fingerprint density at radius 3 is 2.50 bits per heavy atom. The summed E-state index contributed by atoms with van der Waals surface area (Å²) >= 11 is 0. The lowest BCUT2D eigenvalue weighted by Crippen LogP contribution is -2.18. The quantitative estimate of drug-likeness (QED) is 0.571. The Kier molecular flexibility index (Phi) is 4.30. The SMILES string of the molecule is COc1ccc(N=C=CC(=O)N(C)C)cc1. The molecule has 0 fully saturated rings. The van der Waals surface area contributed by atoms with E-state index in [0.29, 0.717) is 0 Å². The summed E-state index contributed by atoms with van der Waals surface area (Å²) in [6.07, 6.45) is 1.30. The molecule has 0 unspecified atom stereocenters. The van der Waals surface area contributed by atoms with Crippen LogP contribution in [0, 0.1) is 0 Å². The number of rotatable bonds is 3. The molecule has 4 heteroatoms. The lowest BCUT2D eigenvalue weighted by atomic mass is 10.3. The molecule has 0 radical (unpaired) electrons. The number of nitrogens with zero attached hydrogens (tertiary/aromatic N) is 2. The predicted molar refractivity (Wildman–Crippen MR) is 63.4 cm³/mol. The highest BCUT2D eigenvalue weighted by Crippen LogP contribution is 2.16. The number of carbonyl (C=O) groups excluding carboxylic acids is 1. The molecule has 0 aliphatic heterocycles. The molecule has 0 atom stereocenters. The molecule has 0 N–H and O–H groups in total. The minimum atomic E-state index is -0.141. The van der Waals surface area contributed by atoms with Crippen LogP contribution in [-0.2, 0) is 4.79 Å². The van der Waals surface area contributed by atoms with Crippen molar-refractivity contribution in [2.45, 2.75) is 0 Å². The van der Waals surface area contributed by atoms with Gasteiger partial charge in [-0.2, -0.15) is 0 Å². The van der Waals surface area contributed by atoms with Crippen molar-refractivity contribution in [3.63, 3.8) is 0 Å². The van der Waals surface area contributed by atoms with Gasteiger partial charge in [0.25, 0.3) is 5.91 Å². The zero-order valence-corrected chi connectivity index (χ0v) is 9.60. The molecule has 84 valence electrons. The molecule has 1 rings (SSSR count). The summed E-state index contributed by atoms with van der Waals surface area (Å²) in [4.78, 5) is 16.6. The number of aliphatic imine (C=N–C) groups is 1. The summed E-state index contributed by atoms with van der Waals surface area (Å²) < 4.78 is 5.01. The van der Waals surface area contributed by atoms with Gasteiger partial charge in [-0.1, -0.05) is 0 Å². The second-order valence-electron chi connectivity index (χ2n) is 3.32. The normalized spacial score (nSPS) is 8.94. The average Bonchev–Trinajstić information content (AvgIpc) is 2.29. The van der Waals surface area contributed by atoms with Crippen molar-refractivity contribution in [2.75, 3.05) is 21.2 Å². The number of methoxy groups -OCH3 is 1. The van der Waals surface area contributed by atoms with E-state index < -0.39 is 0 Å². The van der Waals surface area contributed by atoms with E-state index in [-0.39, 0.29) is 5.91 Å². The van der Waals surface area contributed by atoms with Crippen LogP contribution in [0.3, 0.4) is 0 Å². The van der Waals surface area contributed by atoms with Gasteiger partial charge in [0.05, 0.1) is 18.9 Å². The summed E-state index contributed by atoms with van der Waals surface area (Å²) in [5.74, 6) is 3.22. The third-order valence-corrected chi connectivity index (χ3v) is 1.89. The van der Waals surface area contributed by atoms with E-state index in [4.69, 9.17) is 4.74 Å². The molecule has 0 saturated carbocycles. The standard InChI is InChI=1S/C12H14N2O2/c1-14(2)12(15)8-9-13-10-4-6-11(16-3)7-5-10/h4-8H,1-3H3. The van der Waals surface area contributed by atoms with Crippen LogP contribution >= 0.6 is 0 Å². The van der Waals surface area contributed by atoms with E-state index in [1.165, 1.54) is 11.0 Å². The first kappa shape index (κ1) is 12.0. The number of amides is 1. The molecule has 0 bridgehead atoms. The maximum atomic E-state index is 11.2. The van der Waals surface area contributed by atoms with Crippen LogP contribution in [0.2, 0.25) is 0 Å². The molecular weight excluding hydrogens is 204 g/mol. The molecular formula is C12H14N2O2. The van der Waals surface area contributed by atoms with Gasteiger partial charge in [-0.3, -0.25) is 4.79 Å². The van der Waals surface area contributed by atoms with E-state index in [1.807, 2.05) is 0 Å². The first-order valence-corrected chi connectivity index (χ1v) is 4.78. The van der Waals surface area contributed by atoms with Gasteiger partial charge in [-0.15, -0.1) is 0 Å². The number of carbonyl (C=O) groups is 1. The van der Waals surface area contributed by atoms with Crippen molar-refractivity contribution in [3.8, 4) is 5.75 Å². The summed E-state index contributed by atoms with van der Waals surface area (Å²) in [5.41, 5.74) is 0.726. The second-order valence-corrected chi connectivity index (χ2v) is 3.32. The van der Waals surface area contributed by atoms with Crippen LogP contribution in [0.4, 0.5) is 5.69 Å². The first-order chi connectivity index (χ1) is 7.63. The van der Waals surface area contributed by atoms with Crippen molar-refractivity contribution in [3.05, 3.63) is 30.3 Å². The molecule has 1 aromatic rings. The highest BCUT2D eigenvalue weighted by molar-refractivity contribution is 5.95. The molecule has 4 nitrogen and oxygen atoms in total. The maximum absolute atomic E-state index is 11.2. The third kappa shape index (κ3) is 3.59. The number of benzene rings is 1. The topological polar surface area (TPSA) is 41.9 Å². The number of ether oxygens (including phenoxy) is 1. The summed E-state index contributed by atoms with van der Waals surface area (Å²) in [6, 6.07) is 7.18. The predicted octanol–water partition coefficient (Wildman–Crippen LogP) is 1.64. The zero-order chi connectivity index (χ0) is 12.0. The molecule has 0 spiro atoms. The van der Waals surface area contributed by atoms with Gasteiger partial charge in [-0.25, -0.2) is 4.99 Å². The smallest absolute Gasteiger partial charge is 0.255 e. The Labute approximate surface area is 94.9 Å². The van der Waals surface area contributed by atoms with Crippen LogP contribution in [-0.4, -0.2) is 37.9 Å². The van der Waals surface area contributed by atoms with Gasteiger partial charge >= 0.3 is 0 Å². The summed E-state index contributed by atoms with van der Waals surface area (Å²) in [5, 5.41) is 0. The van der Waals surface area contributed by atoms with E-state index in [9.17, 15) is 4.79 Å². The molecule has 0 aliphatic carbocycles. The van der Waals surface area contributed by atoms with Crippen molar-refractivity contribution < 1.29 is 9.53 Å². The van der Waals surface area contributed by atoms with Crippen molar-refractivity contribution in [1.29, 1.82) is 0 Å². The molecule has 1 amide bonds. The molecule has 16 heavy (non-hydrogen) atoms. The van der Waals surface area contributed by atoms with Crippen LogP contribution in [0.15, 0.2) is 35.3 Å². The average molecular weight is 218 g/mol. The van der Waals surface area contributed by atoms with Gasteiger partial charge < -0.3 is 9.64 Å². The molecule has 0 aromatic heterocycles. The number of hydrogen-bond donors (Lipinski definition) is 0. The van der Waals surface area contributed by atoms with Gasteiger partial charge in [0.15, 0.2) is 0 Å². The van der Waals surface area contributed by atoms with Crippen molar-refractivity contribution in [2.24, 2.45) is 4.99 Å². The highest BCUT2D eigenvalue weighted by Gasteiger charge is 1.95. The fraction of sp³-hybridized carbons (Fsp3) is 0.250. The highest BCUT2D eigenvalue weighted by atomic mass is 16.5. The Hall–Kier alpha value is -2.06. The zero-order valence-electron chi connectivity index (χ0n) is 9.60. The van der Waals surface area contributed by atoms with Gasteiger partial charge in [0.2, 0.25) is 0 Å². The molecule has 0 heterocycles. The van der Waals surface area contributed by atoms with E-state index in [0.717, 1.165) is 11.4 Å². The van der Waals surface area contributed by atoms with Gasteiger partial charge in [0, 0.05) is 14.1 Å². The first-order valence-electron chi connectivity index (χ1n) is 4.78.